The summed E-state index contributed by atoms with van der Waals surface area (Å²) in [5.74, 6) is -1.33. The number of carboxylic acids is 1. The zero-order valence-electron chi connectivity index (χ0n) is 11.7. The lowest BCUT2D eigenvalue weighted by atomic mass is 10.1. The second-order valence-corrected chi connectivity index (χ2v) is 4.62. The van der Waals surface area contributed by atoms with E-state index in [0.717, 1.165) is 17.2 Å². The fourth-order valence-corrected chi connectivity index (χ4v) is 1.78. The van der Waals surface area contributed by atoms with Gasteiger partial charge in [-0.25, -0.2) is 9.78 Å². The smallest absolute Gasteiger partial charge is 0.328 e. The first-order chi connectivity index (χ1) is 9.95. The zero-order valence-corrected chi connectivity index (χ0v) is 11.7. The van der Waals surface area contributed by atoms with Crippen molar-refractivity contribution in [2.45, 2.75) is 6.92 Å². The third kappa shape index (κ3) is 3.79. The normalized spacial score (nSPS) is 10.8. The fourth-order valence-electron chi connectivity index (χ4n) is 1.78. The Morgan fingerprint density at radius 3 is 2.76 bits per heavy atom. The van der Waals surface area contributed by atoms with Crippen molar-refractivity contribution in [2.75, 3.05) is 5.32 Å². The first-order valence-electron chi connectivity index (χ1n) is 6.26. The summed E-state index contributed by atoms with van der Waals surface area (Å²) in [4.78, 5) is 26.5. The molecule has 0 unspecified atom stereocenters. The van der Waals surface area contributed by atoms with Gasteiger partial charge in [-0.3, -0.25) is 4.79 Å². The molecule has 6 heteroatoms. The number of hydrogen-bond donors (Lipinski definition) is 2. The molecule has 6 nitrogen and oxygen atoms in total. The average molecular weight is 285 g/mol. The number of benzene rings is 1. The molecule has 0 saturated heterocycles. The molecule has 1 aromatic carbocycles. The Bertz CT molecular complexity index is 717. The summed E-state index contributed by atoms with van der Waals surface area (Å²) in [6.45, 7) is 1.87. The van der Waals surface area contributed by atoms with Gasteiger partial charge in [0.25, 0.3) is 5.91 Å². The first-order valence-corrected chi connectivity index (χ1v) is 6.26. The summed E-state index contributed by atoms with van der Waals surface area (Å²) in [7, 11) is 1.78. The number of imidazole rings is 1. The number of carbonyl (C=O) groups excluding carboxylic acids is 1. The maximum atomic E-state index is 12.0. The Balaban J connectivity index is 2.19. The molecule has 0 aliphatic heterocycles. The molecule has 1 heterocycles. The van der Waals surface area contributed by atoms with E-state index < -0.39 is 5.97 Å². The highest BCUT2D eigenvalue weighted by Gasteiger charge is 2.09. The second kappa shape index (κ2) is 6.04. The lowest BCUT2D eigenvalue weighted by Gasteiger charge is -2.06. The molecule has 0 saturated carbocycles. The predicted molar refractivity (Wildman–Crippen MR) is 79.0 cm³/mol. The summed E-state index contributed by atoms with van der Waals surface area (Å²) in [6.07, 6.45) is 5.72. The zero-order chi connectivity index (χ0) is 15.4. The van der Waals surface area contributed by atoms with E-state index in [1.54, 1.807) is 36.3 Å². The van der Waals surface area contributed by atoms with Crippen LogP contribution in [0.25, 0.3) is 6.08 Å². The van der Waals surface area contributed by atoms with Crippen LogP contribution in [0.2, 0.25) is 0 Å². The van der Waals surface area contributed by atoms with E-state index in [-0.39, 0.29) is 5.91 Å². The number of anilines is 1. The number of aliphatic carboxylic acids is 1. The molecule has 0 spiro atoms. The summed E-state index contributed by atoms with van der Waals surface area (Å²) >= 11 is 0. The molecule has 2 aromatic rings. The molecule has 21 heavy (non-hydrogen) atoms. The Hall–Kier alpha value is -2.89. The average Bonchev–Trinajstić information content (AvgIpc) is 2.86. The van der Waals surface area contributed by atoms with Crippen LogP contribution in [0.1, 0.15) is 21.6 Å². The van der Waals surface area contributed by atoms with Gasteiger partial charge in [-0.05, 0) is 36.3 Å². The van der Waals surface area contributed by atoms with E-state index >= 15 is 0 Å². The van der Waals surface area contributed by atoms with E-state index in [1.807, 2.05) is 13.0 Å². The SMILES string of the molecule is Cc1ccc(NC(=O)c2cn(C)cn2)cc1/C=C/C(=O)O. The van der Waals surface area contributed by atoms with Gasteiger partial charge in [0.15, 0.2) is 0 Å². The number of carbonyl (C=O) groups is 2. The largest absolute Gasteiger partial charge is 0.478 e. The van der Waals surface area contributed by atoms with Crippen LogP contribution < -0.4 is 5.32 Å². The molecular weight excluding hydrogens is 270 g/mol. The number of nitrogens with zero attached hydrogens (tertiary/aromatic N) is 2. The van der Waals surface area contributed by atoms with Gasteiger partial charge in [-0.15, -0.1) is 0 Å². The van der Waals surface area contributed by atoms with Crippen LogP contribution in [-0.2, 0) is 11.8 Å². The van der Waals surface area contributed by atoms with E-state index in [4.69, 9.17) is 5.11 Å². The minimum atomic E-state index is -1.02. The maximum absolute atomic E-state index is 12.0. The molecule has 1 amide bonds. The van der Waals surface area contributed by atoms with Crippen molar-refractivity contribution in [3.63, 3.8) is 0 Å². The third-order valence-electron chi connectivity index (χ3n) is 2.88. The van der Waals surface area contributed by atoms with Crippen molar-refractivity contribution in [2.24, 2.45) is 7.05 Å². The van der Waals surface area contributed by atoms with Crippen molar-refractivity contribution < 1.29 is 14.7 Å². The molecule has 1 aromatic heterocycles. The van der Waals surface area contributed by atoms with Crippen molar-refractivity contribution in [3.05, 3.63) is 53.6 Å². The fraction of sp³-hybridized carbons (Fsp3) is 0.133. The predicted octanol–water partition coefficient (Wildman–Crippen LogP) is 2.08. The van der Waals surface area contributed by atoms with Crippen LogP contribution in [0.4, 0.5) is 5.69 Å². The van der Waals surface area contributed by atoms with Crippen LogP contribution in [-0.4, -0.2) is 26.5 Å². The summed E-state index contributed by atoms with van der Waals surface area (Å²) in [5, 5.41) is 11.4. The van der Waals surface area contributed by atoms with E-state index in [9.17, 15) is 9.59 Å². The number of carboxylic acid groups (broad SMARTS) is 1. The van der Waals surface area contributed by atoms with Gasteiger partial charge in [0, 0.05) is 25.0 Å². The number of nitrogens with one attached hydrogen (secondary N) is 1. The molecule has 0 fully saturated rings. The van der Waals surface area contributed by atoms with Crippen molar-refractivity contribution in [3.8, 4) is 0 Å². The monoisotopic (exact) mass is 285 g/mol. The molecule has 0 bridgehead atoms. The Labute approximate surface area is 121 Å². The number of hydrogen-bond acceptors (Lipinski definition) is 3. The summed E-state index contributed by atoms with van der Waals surface area (Å²) in [6, 6.07) is 5.29. The molecule has 0 atom stereocenters. The molecule has 2 N–H and O–H groups in total. The number of rotatable bonds is 4. The van der Waals surface area contributed by atoms with Crippen molar-refractivity contribution in [1.29, 1.82) is 0 Å². The van der Waals surface area contributed by atoms with Gasteiger partial charge in [0.05, 0.1) is 6.33 Å². The van der Waals surface area contributed by atoms with Gasteiger partial charge < -0.3 is 15.0 Å². The van der Waals surface area contributed by atoms with Crippen LogP contribution in [0.3, 0.4) is 0 Å². The highest BCUT2D eigenvalue weighted by atomic mass is 16.4. The second-order valence-electron chi connectivity index (χ2n) is 4.62. The standard InChI is InChI=1S/C15H15N3O3/c1-10-3-5-12(7-11(10)4-6-14(19)20)17-15(21)13-8-18(2)9-16-13/h3-9H,1-2H3,(H,17,21)(H,19,20)/b6-4+. The summed E-state index contributed by atoms with van der Waals surface area (Å²) < 4.78 is 1.69. The van der Waals surface area contributed by atoms with Gasteiger partial charge in [-0.2, -0.15) is 0 Å². The van der Waals surface area contributed by atoms with Crippen molar-refractivity contribution >= 4 is 23.6 Å². The molecule has 0 aliphatic carbocycles. The molecular formula is C15H15N3O3. The highest BCUT2D eigenvalue weighted by Crippen LogP contribution is 2.17. The van der Waals surface area contributed by atoms with E-state index in [1.165, 1.54) is 6.08 Å². The number of amides is 1. The first kappa shape index (κ1) is 14.5. The van der Waals surface area contributed by atoms with E-state index in [0.29, 0.717) is 11.4 Å². The Morgan fingerprint density at radius 1 is 1.38 bits per heavy atom. The molecule has 2 rings (SSSR count). The van der Waals surface area contributed by atoms with Crippen molar-refractivity contribution in [1.82, 2.24) is 9.55 Å². The Morgan fingerprint density at radius 2 is 2.14 bits per heavy atom. The van der Waals surface area contributed by atoms with Gasteiger partial charge in [-0.1, -0.05) is 6.07 Å². The van der Waals surface area contributed by atoms with Crippen LogP contribution >= 0.6 is 0 Å². The molecule has 0 radical (unpaired) electrons. The quantitative estimate of drug-likeness (QED) is 0.842. The van der Waals surface area contributed by atoms with Crippen LogP contribution in [0.5, 0.6) is 0 Å². The Kier molecular flexibility index (Phi) is 4.18. The highest BCUT2D eigenvalue weighted by molar-refractivity contribution is 6.02. The van der Waals surface area contributed by atoms with Gasteiger partial charge >= 0.3 is 5.97 Å². The topological polar surface area (TPSA) is 84.2 Å². The van der Waals surface area contributed by atoms with E-state index in [2.05, 4.69) is 10.3 Å². The maximum Gasteiger partial charge on any atom is 0.328 e. The number of aromatic nitrogens is 2. The third-order valence-corrected chi connectivity index (χ3v) is 2.88. The van der Waals surface area contributed by atoms with Gasteiger partial charge in [0.1, 0.15) is 5.69 Å². The van der Waals surface area contributed by atoms with Crippen LogP contribution in [0, 0.1) is 6.92 Å². The summed E-state index contributed by atoms with van der Waals surface area (Å²) in [5.41, 5.74) is 2.56. The number of aryl methyl sites for hydroxylation is 2. The minimum Gasteiger partial charge on any atom is -0.478 e. The lowest BCUT2D eigenvalue weighted by Crippen LogP contribution is -2.12. The van der Waals surface area contributed by atoms with Crippen LogP contribution in [0.15, 0.2) is 36.8 Å². The lowest BCUT2D eigenvalue weighted by molar-refractivity contribution is -0.131. The molecule has 108 valence electrons. The minimum absolute atomic E-state index is 0.312. The molecule has 0 aliphatic rings. The van der Waals surface area contributed by atoms with Gasteiger partial charge in [0.2, 0.25) is 0 Å².